The van der Waals surface area contributed by atoms with Crippen LogP contribution in [0, 0.1) is 13.8 Å². The second-order valence-corrected chi connectivity index (χ2v) is 3.57. The minimum atomic E-state index is -0.374. The van der Waals surface area contributed by atoms with Crippen molar-refractivity contribution < 1.29 is 14.3 Å². The van der Waals surface area contributed by atoms with Crippen molar-refractivity contribution in [1.29, 1.82) is 0 Å². The lowest BCUT2D eigenvalue weighted by Crippen LogP contribution is -2.15. The Morgan fingerprint density at radius 3 is 2.62 bits per heavy atom. The second kappa shape index (κ2) is 5.39. The minimum absolute atomic E-state index is 0.0861. The highest BCUT2D eigenvalue weighted by atomic mass is 16.6. The number of carbonyl (C=O) groups excluding carboxylic acids is 1. The van der Waals surface area contributed by atoms with Gasteiger partial charge in [-0.1, -0.05) is 6.07 Å². The quantitative estimate of drug-likeness (QED) is 0.624. The fourth-order valence-electron chi connectivity index (χ4n) is 1.34. The van der Waals surface area contributed by atoms with Gasteiger partial charge in [0, 0.05) is 11.8 Å². The largest absolute Gasteiger partial charge is 0.482 e. The van der Waals surface area contributed by atoms with Crippen LogP contribution in [0.3, 0.4) is 0 Å². The van der Waals surface area contributed by atoms with Gasteiger partial charge in [0.1, 0.15) is 5.75 Å². The molecule has 16 heavy (non-hydrogen) atoms. The molecule has 0 spiro atoms. The molecule has 0 atom stereocenters. The topological polar surface area (TPSA) is 61.5 Å². The lowest BCUT2D eigenvalue weighted by atomic mass is 10.1. The number of hydrogen-bond acceptors (Lipinski definition) is 4. The van der Waals surface area contributed by atoms with Gasteiger partial charge in [0.25, 0.3) is 0 Å². The van der Waals surface area contributed by atoms with Gasteiger partial charge in [-0.25, -0.2) is 4.79 Å². The van der Waals surface area contributed by atoms with E-state index in [4.69, 9.17) is 15.2 Å². The summed E-state index contributed by atoms with van der Waals surface area (Å²) in [5, 5.41) is 0. The molecular weight excluding hydrogens is 206 g/mol. The molecule has 0 aliphatic rings. The highest BCUT2D eigenvalue weighted by Gasteiger charge is 2.07. The first-order valence-corrected chi connectivity index (χ1v) is 5.19. The summed E-state index contributed by atoms with van der Waals surface area (Å²) in [6.45, 7) is 5.87. The molecule has 0 bridgehead atoms. The van der Waals surface area contributed by atoms with E-state index in [-0.39, 0.29) is 12.6 Å². The molecule has 0 amide bonds. The fourth-order valence-corrected chi connectivity index (χ4v) is 1.34. The molecule has 88 valence electrons. The Labute approximate surface area is 95.3 Å². The van der Waals surface area contributed by atoms with Crippen molar-refractivity contribution in [2.24, 2.45) is 0 Å². The molecule has 1 aromatic carbocycles. The van der Waals surface area contributed by atoms with Crippen molar-refractivity contribution in [3.05, 3.63) is 23.3 Å². The molecule has 0 aromatic heterocycles. The van der Waals surface area contributed by atoms with Gasteiger partial charge in [-0.2, -0.15) is 0 Å². The Bertz CT molecular complexity index is 388. The molecule has 4 heteroatoms. The average Bonchev–Trinajstić information content (AvgIpc) is 2.22. The second-order valence-electron chi connectivity index (χ2n) is 3.57. The average molecular weight is 223 g/mol. The zero-order valence-corrected chi connectivity index (χ0v) is 9.87. The van der Waals surface area contributed by atoms with E-state index >= 15 is 0 Å². The van der Waals surface area contributed by atoms with E-state index in [0.29, 0.717) is 18.0 Å². The standard InChI is InChI=1S/C12H17NO3/c1-4-15-12(14)7-16-11-6-10(13)8(2)5-9(11)3/h5-6H,4,7,13H2,1-3H3. The van der Waals surface area contributed by atoms with Crippen LogP contribution in [-0.4, -0.2) is 19.2 Å². The summed E-state index contributed by atoms with van der Waals surface area (Å²) in [6, 6.07) is 3.65. The smallest absolute Gasteiger partial charge is 0.344 e. The highest BCUT2D eigenvalue weighted by molar-refractivity contribution is 5.71. The summed E-state index contributed by atoms with van der Waals surface area (Å²) in [6.07, 6.45) is 0. The molecule has 2 N–H and O–H groups in total. The normalized spacial score (nSPS) is 9.94. The van der Waals surface area contributed by atoms with Crippen LogP contribution in [0.2, 0.25) is 0 Å². The number of nitrogen functional groups attached to an aromatic ring is 1. The van der Waals surface area contributed by atoms with E-state index in [2.05, 4.69) is 0 Å². The van der Waals surface area contributed by atoms with Crippen molar-refractivity contribution >= 4 is 11.7 Å². The summed E-state index contributed by atoms with van der Waals surface area (Å²) in [4.78, 5) is 11.1. The molecular formula is C12H17NO3. The lowest BCUT2D eigenvalue weighted by Gasteiger charge is -2.10. The third-order valence-corrected chi connectivity index (χ3v) is 2.21. The Kier molecular flexibility index (Phi) is 4.17. The zero-order chi connectivity index (χ0) is 12.1. The molecule has 1 rings (SSSR count). The van der Waals surface area contributed by atoms with Gasteiger partial charge >= 0.3 is 5.97 Å². The van der Waals surface area contributed by atoms with Crippen LogP contribution in [0.1, 0.15) is 18.1 Å². The molecule has 0 aliphatic carbocycles. The maximum atomic E-state index is 11.1. The van der Waals surface area contributed by atoms with Crippen molar-refractivity contribution in [2.75, 3.05) is 18.9 Å². The monoisotopic (exact) mass is 223 g/mol. The van der Waals surface area contributed by atoms with Crippen molar-refractivity contribution in [2.45, 2.75) is 20.8 Å². The first-order chi connectivity index (χ1) is 7.54. The zero-order valence-electron chi connectivity index (χ0n) is 9.87. The van der Waals surface area contributed by atoms with E-state index < -0.39 is 0 Å². The van der Waals surface area contributed by atoms with Gasteiger partial charge in [0.15, 0.2) is 6.61 Å². The van der Waals surface area contributed by atoms with Crippen molar-refractivity contribution in [3.63, 3.8) is 0 Å². The Balaban J connectivity index is 2.67. The lowest BCUT2D eigenvalue weighted by molar-refractivity contribution is -0.145. The number of benzene rings is 1. The molecule has 0 heterocycles. The van der Waals surface area contributed by atoms with Crippen LogP contribution in [0.15, 0.2) is 12.1 Å². The van der Waals surface area contributed by atoms with Crippen LogP contribution >= 0.6 is 0 Å². The van der Waals surface area contributed by atoms with Gasteiger partial charge in [-0.05, 0) is 31.9 Å². The third-order valence-electron chi connectivity index (χ3n) is 2.21. The number of ether oxygens (including phenoxy) is 2. The van der Waals surface area contributed by atoms with Gasteiger partial charge in [-0.3, -0.25) is 0 Å². The van der Waals surface area contributed by atoms with Crippen molar-refractivity contribution in [1.82, 2.24) is 0 Å². The Morgan fingerprint density at radius 2 is 2.00 bits per heavy atom. The van der Waals surface area contributed by atoms with Crippen molar-refractivity contribution in [3.8, 4) is 5.75 Å². The maximum absolute atomic E-state index is 11.1. The summed E-state index contributed by atoms with van der Waals surface area (Å²) < 4.78 is 10.1. The molecule has 0 unspecified atom stereocenters. The summed E-state index contributed by atoms with van der Waals surface area (Å²) in [5.41, 5.74) is 8.37. The van der Waals surface area contributed by atoms with Gasteiger partial charge in [-0.15, -0.1) is 0 Å². The molecule has 0 radical (unpaired) electrons. The minimum Gasteiger partial charge on any atom is -0.482 e. The molecule has 1 aromatic rings. The molecule has 4 nitrogen and oxygen atoms in total. The molecule has 0 saturated carbocycles. The Morgan fingerprint density at radius 1 is 1.31 bits per heavy atom. The van der Waals surface area contributed by atoms with Crippen LogP contribution in [0.4, 0.5) is 5.69 Å². The summed E-state index contributed by atoms with van der Waals surface area (Å²) in [5.74, 6) is 0.247. The maximum Gasteiger partial charge on any atom is 0.344 e. The number of hydrogen-bond donors (Lipinski definition) is 1. The van der Waals surface area contributed by atoms with Gasteiger partial charge in [0.05, 0.1) is 6.61 Å². The fraction of sp³-hybridized carbons (Fsp3) is 0.417. The Hall–Kier alpha value is -1.71. The molecule has 0 aliphatic heterocycles. The first-order valence-electron chi connectivity index (χ1n) is 5.19. The van der Waals surface area contributed by atoms with Crippen LogP contribution in [-0.2, 0) is 9.53 Å². The highest BCUT2D eigenvalue weighted by Crippen LogP contribution is 2.24. The van der Waals surface area contributed by atoms with E-state index in [0.717, 1.165) is 11.1 Å². The van der Waals surface area contributed by atoms with E-state index in [1.54, 1.807) is 13.0 Å². The number of anilines is 1. The predicted molar refractivity (Wildman–Crippen MR) is 62.5 cm³/mol. The van der Waals surface area contributed by atoms with Crippen LogP contribution in [0.25, 0.3) is 0 Å². The number of carbonyl (C=O) groups is 1. The van der Waals surface area contributed by atoms with E-state index in [1.807, 2.05) is 19.9 Å². The van der Waals surface area contributed by atoms with Gasteiger partial charge < -0.3 is 15.2 Å². The number of nitrogens with two attached hydrogens (primary N) is 1. The van der Waals surface area contributed by atoms with Crippen LogP contribution < -0.4 is 10.5 Å². The SMILES string of the molecule is CCOC(=O)COc1cc(N)c(C)cc1C. The predicted octanol–water partition coefficient (Wildman–Crippen LogP) is 1.83. The van der Waals surface area contributed by atoms with Crippen LogP contribution in [0.5, 0.6) is 5.75 Å². The third kappa shape index (κ3) is 3.15. The van der Waals surface area contributed by atoms with E-state index in [9.17, 15) is 4.79 Å². The van der Waals surface area contributed by atoms with Gasteiger partial charge in [0.2, 0.25) is 0 Å². The number of esters is 1. The molecule has 0 fully saturated rings. The first kappa shape index (κ1) is 12.4. The molecule has 0 saturated heterocycles. The van der Waals surface area contributed by atoms with E-state index in [1.165, 1.54) is 0 Å². The summed E-state index contributed by atoms with van der Waals surface area (Å²) in [7, 11) is 0. The summed E-state index contributed by atoms with van der Waals surface area (Å²) >= 11 is 0. The number of aryl methyl sites for hydroxylation is 2. The number of rotatable bonds is 4.